The summed E-state index contributed by atoms with van der Waals surface area (Å²) in [6.45, 7) is -0.0782. The number of nitrogens with zero attached hydrogens (tertiary/aromatic N) is 2. The quantitative estimate of drug-likeness (QED) is 0.712. The van der Waals surface area contributed by atoms with E-state index in [1.165, 1.54) is 10.5 Å². The molecule has 6 heteroatoms. The molecule has 28 heavy (non-hydrogen) atoms. The molecule has 1 aliphatic heterocycles. The zero-order valence-corrected chi connectivity index (χ0v) is 17.1. The van der Waals surface area contributed by atoms with Crippen LogP contribution in [-0.4, -0.2) is 33.5 Å². The second-order valence-electron chi connectivity index (χ2n) is 7.59. The third-order valence-electron chi connectivity index (χ3n) is 5.87. The number of hydrogen-bond donors (Lipinski definition) is 1. The largest absolute Gasteiger partial charge is 0.306 e. The van der Waals surface area contributed by atoms with E-state index in [9.17, 15) is 14.8 Å². The molecule has 2 aromatic rings. The summed E-state index contributed by atoms with van der Waals surface area (Å²) in [4.78, 5) is 26.9. The predicted octanol–water partition coefficient (Wildman–Crippen LogP) is 4.48. The molecule has 1 N–H and O–H groups in total. The van der Waals surface area contributed by atoms with Gasteiger partial charge in [0.05, 0.1) is 0 Å². The standard InChI is InChI=1S/C22H23BrN2O3/c23-19-8-4-7-18(13-19)21-24(14-20(26)25(21)28)22(27)17-11-9-16(10-12-17)15-5-2-1-3-6-15/h1-8,13,16-17,21,28H,9-12,14H2. The van der Waals surface area contributed by atoms with Gasteiger partial charge in [0, 0.05) is 10.4 Å². The second kappa shape index (κ2) is 8.05. The molecule has 1 atom stereocenters. The third-order valence-corrected chi connectivity index (χ3v) is 6.36. The number of hydrogen-bond acceptors (Lipinski definition) is 3. The van der Waals surface area contributed by atoms with Crippen LogP contribution in [0.5, 0.6) is 0 Å². The number of amides is 2. The molecule has 2 aromatic carbocycles. The van der Waals surface area contributed by atoms with E-state index in [4.69, 9.17) is 0 Å². The average Bonchev–Trinajstić information content (AvgIpc) is 3.03. The first-order valence-electron chi connectivity index (χ1n) is 9.66. The van der Waals surface area contributed by atoms with Crippen LogP contribution < -0.4 is 0 Å². The molecule has 2 aliphatic rings. The van der Waals surface area contributed by atoms with Gasteiger partial charge in [0.1, 0.15) is 6.54 Å². The summed E-state index contributed by atoms with van der Waals surface area (Å²) in [6.07, 6.45) is 2.78. The van der Waals surface area contributed by atoms with Gasteiger partial charge in [-0.25, -0.2) is 0 Å². The van der Waals surface area contributed by atoms with Gasteiger partial charge in [0.15, 0.2) is 6.17 Å². The minimum Gasteiger partial charge on any atom is -0.306 e. The highest BCUT2D eigenvalue weighted by molar-refractivity contribution is 9.10. The van der Waals surface area contributed by atoms with Gasteiger partial charge in [-0.15, -0.1) is 0 Å². The summed E-state index contributed by atoms with van der Waals surface area (Å²) in [7, 11) is 0. The summed E-state index contributed by atoms with van der Waals surface area (Å²) in [5.74, 6) is -0.104. The Kier molecular flexibility index (Phi) is 5.51. The number of hydroxylamine groups is 2. The van der Waals surface area contributed by atoms with Gasteiger partial charge < -0.3 is 4.90 Å². The molecule has 146 valence electrons. The van der Waals surface area contributed by atoms with Crippen molar-refractivity contribution in [3.63, 3.8) is 0 Å². The number of benzene rings is 2. The van der Waals surface area contributed by atoms with Gasteiger partial charge in [-0.3, -0.25) is 14.8 Å². The van der Waals surface area contributed by atoms with Crippen molar-refractivity contribution in [2.45, 2.75) is 37.8 Å². The molecule has 1 heterocycles. The molecule has 0 bridgehead atoms. The summed E-state index contributed by atoms with van der Waals surface area (Å²) >= 11 is 3.42. The third kappa shape index (κ3) is 3.71. The Morgan fingerprint density at radius 3 is 2.32 bits per heavy atom. The second-order valence-corrected chi connectivity index (χ2v) is 8.51. The molecule has 5 nitrogen and oxygen atoms in total. The maximum absolute atomic E-state index is 13.2. The highest BCUT2D eigenvalue weighted by atomic mass is 79.9. The van der Waals surface area contributed by atoms with Crippen molar-refractivity contribution in [1.82, 2.24) is 9.96 Å². The van der Waals surface area contributed by atoms with E-state index in [0.717, 1.165) is 30.2 Å². The number of halogens is 1. The van der Waals surface area contributed by atoms with Crippen LogP contribution in [0.15, 0.2) is 59.1 Å². The number of rotatable bonds is 3. The lowest BCUT2D eigenvalue weighted by molar-refractivity contribution is -0.173. The lowest BCUT2D eigenvalue weighted by atomic mass is 9.78. The highest BCUT2D eigenvalue weighted by Gasteiger charge is 2.43. The van der Waals surface area contributed by atoms with Crippen molar-refractivity contribution in [3.05, 3.63) is 70.2 Å². The first-order valence-corrected chi connectivity index (χ1v) is 10.5. The van der Waals surface area contributed by atoms with E-state index < -0.39 is 12.1 Å². The predicted molar refractivity (Wildman–Crippen MR) is 108 cm³/mol. The topological polar surface area (TPSA) is 60.9 Å². The Balaban J connectivity index is 1.48. The fourth-order valence-corrected chi connectivity index (χ4v) is 4.81. The molecule has 2 fully saturated rings. The SMILES string of the molecule is O=C1CN(C(=O)C2CCC(c3ccccc3)CC2)C(c2cccc(Br)c2)N1O. The Hall–Kier alpha value is -2.18. The molecule has 2 amide bonds. The molecule has 1 unspecified atom stereocenters. The van der Waals surface area contributed by atoms with Crippen molar-refractivity contribution in [2.24, 2.45) is 5.92 Å². The molecule has 1 saturated heterocycles. The van der Waals surface area contributed by atoms with Crippen LogP contribution in [0.3, 0.4) is 0 Å². The van der Waals surface area contributed by atoms with Crippen LogP contribution in [-0.2, 0) is 9.59 Å². The highest BCUT2D eigenvalue weighted by Crippen LogP contribution is 2.39. The molecule has 0 aromatic heterocycles. The van der Waals surface area contributed by atoms with Crippen LogP contribution >= 0.6 is 15.9 Å². The molecule has 1 saturated carbocycles. The van der Waals surface area contributed by atoms with Crippen molar-refractivity contribution >= 4 is 27.7 Å². The molecule has 1 aliphatic carbocycles. The molecule has 0 radical (unpaired) electrons. The van der Waals surface area contributed by atoms with Crippen molar-refractivity contribution in [2.75, 3.05) is 6.54 Å². The maximum Gasteiger partial charge on any atom is 0.267 e. The normalized spacial score (nSPS) is 25.2. The van der Waals surface area contributed by atoms with E-state index in [1.54, 1.807) is 0 Å². The molecular formula is C22H23BrN2O3. The number of carbonyl (C=O) groups excluding carboxylic acids is 2. The van der Waals surface area contributed by atoms with Crippen LogP contribution in [0.25, 0.3) is 0 Å². The molecule has 0 spiro atoms. The van der Waals surface area contributed by atoms with Gasteiger partial charge in [-0.2, -0.15) is 5.06 Å². The minimum atomic E-state index is -0.760. The van der Waals surface area contributed by atoms with Crippen molar-refractivity contribution in [1.29, 1.82) is 0 Å². The summed E-state index contributed by atoms with van der Waals surface area (Å²) < 4.78 is 0.841. The van der Waals surface area contributed by atoms with Gasteiger partial charge in [0.25, 0.3) is 5.91 Å². The lowest BCUT2D eigenvalue weighted by Gasteiger charge is -2.33. The maximum atomic E-state index is 13.2. The smallest absolute Gasteiger partial charge is 0.267 e. The first kappa shape index (κ1) is 19.2. The zero-order valence-electron chi connectivity index (χ0n) is 15.5. The van der Waals surface area contributed by atoms with E-state index in [0.29, 0.717) is 16.5 Å². The summed E-state index contributed by atoms with van der Waals surface area (Å²) in [5.41, 5.74) is 2.05. The zero-order chi connectivity index (χ0) is 19.7. The van der Waals surface area contributed by atoms with Crippen molar-refractivity contribution < 1.29 is 14.8 Å². The fraction of sp³-hybridized carbons (Fsp3) is 0.364. The fourth-order valence-electron chi connectivity index (χ4n) is 4.39. The number of carbonyl (C=O) groups is 2. The monoisotopic (exact) mass is 442 g/mol. The van der Waals surface area contributed by atoms with E-state index in [-0.39, 0.29) is 18.4 Å². The Morgan fingerprint density at radius 2 is 1.64 bits per heavy atom. The summed E-state index contributed by atoms with van der Waals surface area (Å²) in [6, 6.07) is 17.8. The molecule has 4 rings (SSSR count). The Labute approximate surface area is 173 Å². The van der Waals surface area contributed by atoms with E-state index >= 15 is 0 Å². The summed E-state index contributed by atoms with van der Waals surface area (Å²) in [5, 5.41) is 11.0. The molecular weight excluding hydrogens is 420 g/mol. The Morgan fingerprint density at radius 1 is 0.964 bits per heavy atom. The average molecular weight is 443 g/mol. The first-order chi connectivity index (χ1) is 13.5. The minimum absolute atomic E-state index is 0.0404. The van der Waals surface area contributed by atoms with Gasteiger partial charge in [-0.1, -0.05) is 58.4 Å². The van der Waals surface area contributed by atoms with E-state index in [2.05, 4.69) is 40.2 Å². The van der Waals surface area contributed by atoms with Gasteiger partial charge in [-0.05, 0) is 54.9 Å². The van der Waals surface area contributed by atoms with Gasteiger partial charge >= 0.3 is 0 Å². The van der Waals surface area contributed by atoms with E-state index in [1.807, 2.05) is 30.3 Å². The lowest BCUT2D eigenvalue weighted by Crippen LogP contribution is -2.39. The van der Waals surface area contributed by atoms with Crippen LogP contribution in [0.4, 0.5) is 0 Å². The van der Waals surface area contributed by atoms with Crippen molar-refractivity contribution in [3.8, 4) is 0 Å². The van der Waals surface area contributed by atoms with Gasteiger partial charge in [0.2, 0.25) is 5.91 Å². The van der Waals surface area contributed by atoms with Crippen LogP contribution in [0, 0.1) is 5.92 Å². The van der Waals surface area contributed by atoms with Crippen LogP contribution in [0.2, 0.25) is 0 Å². The van der Waals surface area contributed by atoms with Crippen LogP contribution in [0.1, 0.15) is 48.9 Å². The Bertz CT molecular complexity index is 865.